The van der Waals surface area contributed by atoms with Gasteiger partial charge in [-0.25, -0.2) is 14.4 Å². The van der Waals surface area contributed by atoms with Crippen LogP contribution in [0.25, 0.3) is 10.6 Å². The molecular weight excluding hydrogens is 505 g/mol. The number of anilines is 1. The van der Waals surface area contributed by atoms with E-state index < -0.39 is 5.91 Å². The molecule has 1 saturated carbocycles. The molecule has 2 aliphatic rings. The molecule has 3 N–H and O–H groups in total. The fourth-order valence-electron chi connectivity index (χ4n) is 4.76. The van der Waals surface area contributed by atoms with Crippen molar-refractivity contribution in [2.45, 2.75) is 45.1 Å². The average molecular weight is 538 g/mol. The average Bonchev–Trinajstić information content (AvgIpc) is 3.67. The lowest BCUT2D eigenvalue weighted by Gasteiger charge is -2.32. The van der Waals surface area contributed by atoms with Gasteiger partial charge >= 0.3 is 0 Å². The van der Waals surface area contributed by atoms with Crippen LogP contribution in [0, 0.1) is 17.7 Å². The van der Waals surface area contributed by atoms with Gasteiger partial charge < -0.3 is 15.8 Å². The SMILES string of the molecule is NC(=O)c1sc(-c2ccnc(NC(=O)C3CC3)c2)nc1OCCCC1CCN(Cc2cccc(F)c2)CC1. The lowest BCUT2D eigenvalue weighted by atomic mass is 9.92. The van der Waals surface area contributed by atoms with Crippen molar-refractivity contribution in [3.8, 4) is 16.5 Å². The predicted octanol–water partition coefficient (Wildman–Crippen LogP) is 4.86. The van der Waals surface area contributed by atoms with E-state index in [0.29, 0.717) is 23.4 Å². The maximum Gasteiger partial charge on any atom is 0.264 e. The second kappa shape index (κ2) is 12.0. The first-order valence-electron chi connectivity index (χ1n) is 13.1. The monoisotopic (exact) mass is 537 g/mol. The van der Waals surface area contributed by atoms with Gasteiger partial charge in [-0.05, 0) is 87.4 Å². The van der Waals surface area contributed by atoms with Crippen LogP contribution in [0.3, 0.4) is 0 Å². The molecule has 2 aromatic heterocycles. The Bertz CT molecular complexity index is 1290. The summed E-state index contributed by atoms with van der Waals surface area (Å²) in [7, 11) is 0. The Morgan fingerprint density at radius 2 is 1.97 bits per heavy atom. The minimum absolute atomic E-state index is 0.0205. The molecule has 1 aromatic carbocycles. The van der Waals surface area contributed by atoms with E-state index in [4.69, 9.17) is 10.5 Å². The van der Waals surface area contributed by atoms with Crippen molar-refractivity contribution in [2.75, 3.05) is 25.0 Å². The highest BCUT2D eigenvalue weighted by Crippen LogP contribution is 2.34. The van der Waals surface area contributed by atoms with Crippen LogP contribution < -0.4 is 15.8 Å². The molecule has 1 saturated heterocycles. The van der Waals surface area contributed by atoms with Crippen LogP contribution in [0.4, 0.5) is 10.2 Å². The van der Waals surface area contributed by atoms with Gasteiger partial charge in [-0.15, -0.1) is 11.3 Å². The van der Waals surface area contributed by atoms with Crippen molar-refractivity contribution < 1.29 is 18.7 Å². The van der Waals surface area contributed by atoms with Gasteiger partial charge in [0.05, 0.1) is 6.61 Å². The lowest BCUT2D eigenvalue weighted by molar-refractivity contribution is -0.117. The van der Waals surface area contributed by atoms with Crippen LogP contribution in [0.2, 0.25) is 0 Å². The van der Waals surface area contributed by atoms with E-state index in [2.05, 4.69) is 20.2 Å². The number of halogens is 1. The highest BCUT2D eigenvalue weighted by molar-refractivity contribution is 7.17. The second-order valence-corrected chi connectivity index (χ2v) is 11.1. The first-order chi connectivity index (χ1) is 18.4. The van der Waals surface area contributed by atoms with Crippen LogP contribution in [-0.4, -0.2) is 46.4 Å². The quantitative estimate of drug-likeness (QED) is 0.338. The molecule has 8 nitrogen and oxygen atoms in total. The molecule has 10 heteroatoms. The van der Waals surface area contributed by atoms with Crippen LogP contribution in [0.5, 0.6) is 5.88 Å². The number of amides is 2. The van der Waals surface area contributed by atoms with Crippen LogP contribution in [-0.2, 0) is 11.3 Å². The number of carbonyl (C=O) groups excluding carboxylic acids is 2. The number of thiazole rings is 1. The molecular formula is C28H32FN5O3S. The standard InChI is InChI=1S/C28H32FN5O3S/c29-22-5-1-3-19(15-22)17-34-12-9-18(10-13-34)4-2-14-37-27-24(25(30)35)38-28(33-27)21-8-11-31-23(16-21)32-26(36)20-6-7-20/h1,3,5,8,11,15-16,18,20H,2,4,6-7,9-10,12-14,17H2,(H2,30,35)(H,31,32,36). The minimum Gasteiger partial charge on any atom is -0.476 e. The number of likely N-dealkylation sites (tertiary alicyclic amines) is 1. The van der Waals surface area contributed by atoms with Gasteiger partial charge in [0.25, 0.3) is 5.91 Å². The summed E-state index contributed by atoms with van der Waals surface area (Å²) in [5.74, 6) is 0.618. The molecule has 0 bridgehead atoms. The van der Waals surface area contributed by atoms with Gasteiger partial charge in [0.2, 0.25) is 11.8 Å². The number of ether oxygens (including phenoxy) is 1. The third kappa shape index (κ3) is 6.93. The molecule has 5 rings (SSSR count). The van der Waals surface area contributed by atoms with Crippen LogP contribution in [0.15, 0.2) is 42.6 Å². The molecule has 0 radical (unpaired) electrons. The molecule has 2 fully saturated rings. The molecule has 0 unspecified atom stereocenters. The van der Waals surface area contributed by atoms with Gasteiger partial charge in [-0.3, -0.25) is 14.5 Å². The Morgan fingerprint density at radius 1 is 1.16 bits per heavy atom. The molecule has 38 heavy (non-hydrogen) atoms. The van der Waals surface area contributed by atoms with Crippen molar-refractivity contribution in [3.05, 3.63) is 58.9 Å². The molecule has 1 aliphatic heterocycles. The van der Waals surface area contributed by atoms with E-state index in [0.717, 1.165) is 69.3 Å². The smallest absolute Gasteiger partial charge is 0.264 e. The number of carbonyl (C=O) groups is 2. The summed E-state index contributed by atoms with van der Waals surface area (Å²) in [4.78, 5) is 35.5. The van der Waals surface area contributed by atoms with Crippen molar-refractivity contribution in [2.24, 2.45) is 17.6 Å². The Hall–Kier alpha value is -3.37. The van der Waals surface area contributed by atoms with Gasteiger partial charge in [0.15, 0.2) is 4.88 Å². The number of hydrogen-bond acceptors (Lipinski definition) is 7. The number of aromatic nitrogens is 2. The Balaban J connectivity index is 1.10. The molecule has 3 aromatic rings. The van der Waals surface area contributed by atoms with Gasteiger partial charge in [-0.2, -0.15) is 0 Å². The first kappa shape index (κ1) is 26.2. The number of nitrogens with one attached hydrogen (secondary N) is 1. The first-order valence-corrected chi connectivity index (χ1v) is 13.9. The number of primary amides is 1. The Labute approximate surface area is 225 Å². The van der Waals surface area contributed by atoms with Gasteiger partial charge in [0.1, 0.15) is 16.6 Å². The highest BCUT2D eigenvalue weighted by atomic mass is 32.1. The normalized spacial score (nSPS) is 16.3. The number of rotatable bonds is 11. The maximum atomic E-state index is 13.4. The molecule has 0 atom stereocenters. The van der Waals surface area contributed by atoms with E-state index in [-0.39, 0.29) is 28.4 Å². The summed E-state index contributed by atoms with van der Waals surface area (Å²) < 4.78 is 19.3. The number of piperidine rings is 1. The summed E-state index contributed by atoms with van der Waals surface area (Å²) in [5.41, 5.74) is 7.34. The van der Waals surface area contributed by atoms with E-state index in [1.165, 1.54) is 17.4 Å². The number of hydrogen-bond donors (Lipinski definition) is 2. The summed E-state index contributed by atoms with van der Waals surface area (Å²) in [5, 5.41) is 3.42. The van der Waals surface area contributed by atoms with Crippen molar-refractivity contribution in [3.63, 3.8) is 0 Å². The van der Waals surface area contributed by atoms with Crippen LogP contribution >= 0.6 is 11.3 Å². The van der Waals surface area contributed by atoms with Crippen molar-refractivity contribution in [1.82, 2.24) is 14.9 Å². The Morgan fingerprint density at radius 3 is 2.71 bits per heavy atom. The van der Waals surface area contributed by atoms with E-state index >= 15 is 0 Å². The summed E-state index contributed by atoms with van der Waals surface area (Å²) in [6.07, 6.45) is 7.52. The van der Waals surface area contributed by atoms with Crippen molar-refractivity contribution >= 4 is 29.0 Å². The van der Waals surface area contributed by atoms with E-state index in [1.54, 1.807) is 30.5 Å². The Kier molecular flexibility index (Phi) is 8.29. The second-order valence-electron chi connectivity index (χ2n) is 10.1. The third-order valence-corrected chi connectivity index (χ3v) is 8.12. The predicted molar refractivity (Wildman–Crippen MR) is 144 cm³/mol. The summed E-state index contributed by atoms with van der Waals surface area (Å²) in [6.45, 7) is 3.23. The largest absolute Gasteiger partial charge is 0.476 e. The van der Waals surface area contributed by atoms with Gasteiger partial charge in [0, 0.05) is 24.2 Å². The minimum atomic E-state index is -0.578. The van der Waals surface area contributed by atoms with E-state index in [1.807, 2.05) is 6.07 Å². The lowest BCUT2D eigenvalue weighted by Crippen LogP contribution is -2.33. The number of nitrogens with two attached hydrogens (primary N) is 1. The fourth-order valence-corrected chi connectivity index (χ4v) is 5.62. The number of nitrogens with zero attached hydrogens (tertiary/aromatic N) is 3. The fraction of sp³-hybridized carbons (Fsp3) is 0.429. The topological polar surface area (TPSA) is 110 Å². The van der Waals surface area contributed by atoms with Gasteiger partial charge in [-0.1, -0.05) is 12.1 Å². The van der Waals surface area contributed by atoms with Crippen molar-refractivity contribution in [1.29, 1.82) is 0 Å². The zero-order valence-corrected chi connectivity index (χ0v) is 22.0. The molecule has 200 valence electrons. The van der Waals surface area contributed by atoms with Crippen LogP contribution in [0.1, 0.15) is 53.8 Å². The maximum absolute atomic E-state index is 13.4. The summed E-state index contributed by atoms with van der Waals surface area (Å²) >= 11 is 1.17. The molecule has 2 amide bonds. The molecule has 1 aliphatic carbocycles. The molecule has 0 spiro atoms. The highest BCUT2D eigenvalue weighted by Gasteiger charge is 2.30. The summed E-state index contributed by atoms with van der Waals surface area (Å²) in [6, 6.07) is 10.3. The molecule has 3 heterocycles. The third-order valence-electron chi connectivity index (χ3n) is 7.02. The number of pyridine rings is 1. The zero-order valence-electron chi connectivity index (χ0n) is 21.2. The zero-order chi connectivity index (χ0) is 26.5. The number of benzene rings is 1. The van der Waals surface area contributed by atoms with E-state index in [9.17, 15) is 14.0 Å².